The molecule has 0 saturated carbocycles. The van der Waals surface area contributed by atoms with Crippen LogP contribution in [0.5, 0.6) is 0 Å². The van der Waals surface area contributed by atoms with Gasteiger partial charge in [0.1, 0.15) is 5.60 Å². The van der Waals surface area contributed by atoms with Gasteiger partial charge in [-0.2, -0.15) is 0 Å². The fourth-order valence-electron chi connectivity index (χ4n) is 2.53. The van der Waals surface area contributed by atoms with Crippen molar-refractivity contribution in [2.45, 2.75) is 72.5 Å². The zero-order chi connectivity index (χ0) is 15.3. The minimum atomic E-state index is -0.864. The maximum Gasteiger partial charge on any atom is 0.170 e. The summed E-state index contributed by atoms with van der Waals surface area (Å²) in [5.74, 6) is 0.0501. The molecule has 0 aliphatic carbocycles. The highest BCUT2D eigenvalue weighted by molar-refractivity contribution is 5.91. The lowest BCUT2D eigenvalue weighted by molar-refractivity contribution is -0.153. The maximum absolute atomic E-state index is 12.7. The van der Waals surface area contributed by atoms with Crippen molar-refractivity contribution in [2.75, 3.05) is 6.61 Å². The SMILES string of the molecule is C/C=C/COC(C)(CC)C(=O)C(C)(C)CC(C)(C)O. The van der Waals surface area contributed by atoms with Crippen LogP contribution in [0.4, 0.5) is 0 Å². The van der Waals surface area contributed by atoms with E-state index in [1.54, 1.807) is 13.8 Å². The molecule has 0 rings (SSSR count). The Balaban J connectivity index is 5.00. The van der Waals surface area contributed by atoms with Gasteiger partial charge in [-0.15, -0.1) is 0 Å². The number of allylic oxidation sites excluding steroid dienone is 1. The fourth-order valence-corrected chi connectivity index (χ4v) is 2.53. The number of Topliss-reactive ketones (excluding diaryl/α,β-unsaturated/α-hetero) is 1. The van der Waals surface area contributed by atoms with Crippen LogP contribution in [-0.2, 0) is 9.53 Å². The first-order chi connectivity index (χ1) is 8.48. The van der Waals surface area contributed by atoms with Gasteiger partial charge in [-0.25, -0.2) is 0 Å². The van der Waals surface area contributed by atoms with Crippen LogP contribution in [0.3, 0.4) is 0 Å². The molecular weight excluding hydrogens is 240 g/mol. The average molecular weight is 270 g/mol. The molecule has 0 fully saturated rings. The van der Waals surface area contributed by atoms with Crippen LogP contribution in [0.1, 0.15) is 61.3 Å². The number of ether oxygens (including phenoxy) is 1. The van der Waals surface area contributed by atoms with Gasteiger partial charge < -0.3 is 9.84 Å². The smallest absolute Gasteiger partial charge is 0.170 e. The minimum Gasteiger partial charge on any atom is -0.390 e. The van der Waals surface area contributed by atoms with Crippen LogP contribution >= 0.6 is 0 Å². The normalized spacial score (nSPS) is 16.6. The molecule has 1 N–H and O–H groups in total. The molecule has 19 heavy (non-hydrogen) atoms. The summed E-state index contributed by atoms with van der Waals surface area (Å²) in [7, 11) is 0. The van der Waals surface area contributed by atoms with E-state index in [1.165, 1.54) is 0 Å². The fraction of sp³-hybridized carbons (Fsp3) is 0.812. The van der Waals surface area contributed by atoms with E-state index in [0.29, 0.717) is 19.4 Å². The number of hydrogen-bond acceptors (Lipinski definition) is 3. The Bertz CT molecular complexity index is 323. The van der Waals surface area contributed by atoms with E-state index in [1.807, 2.05) is 46.8 Å². The molecule has 3 heteroatoms. The lowest BCUT2D eigenvalue weighted by atomic mass is 9.72. The zero-order valence-electron chi connectivity index (χ0n) is 13.5. The molecule has 0 saturated heterocycles. The number of rotatable bonds is 8. The van der Waals surface area contributed by atoms with Gasteiger partial charge in [0.2, 0.25) is 0 Å². The summed E-state index contributed by atoms with van der Waals surface area (Å²) in [5.41, 5.74) is -2.27. The van der Waals surface area contributed by atoms with Gasteiger partial charge in [-0.1, -0.05) is 32.9 Å². The standard InChI is InChI=1S/C16H30O3/c1-8-10-11-19-16(7,9-2)13(17)14(3,4)12-15(5,6)18/h8,10,18H,9,11-12H2,1-7H3/b10-8+. The molecule has 0 aromatic heterocycles. The van der Waals surface area contributed by atoms with Gasteiger partial charge in [0, 0.05) is 5.41 Å². The van der Waals surface area contributed by atoms with Crippen LogP contribution in [0.25, 0.3) is 0 Å². The zero-order valence-corrected chi connectivity index (χ0v) is 13.5. The Kier molecular flexibility index (Phi) is 6.43. The molecule has 112 valence electrons. The van der Waals surface area contributed by atoms with E-state index in [0.717, 1.165) is 0 Å². The van der Waals surface area contributed by atoms with E-state index in [-0.39, 0.29) is 5.78 Å². The molecular formula is C16H30O3. The van der Waals surface area contributed by atoms with Gasteiger partial charge in [-0.05, 0) is 40.5 Å². The largest absolute Gasteiger partial charge is 0.390 e. The summed E-state index contributed by atoms with van der Waals surface area (Å²) in [6, 6.07) is 0. The number of carbonyl (C=O) groups is 1. The Labute approximate surface area is 118 Å². The topological polar surface area (TPSA) is 46.5 Å². The molecule has 0 aliphatic rings. The van der Waals surface area contributed by atoms with Crippen molar-refractivity contribution in [3.05, 3.63) is 12.2 Å². The molecule has 0 aromatic rings. The summed E-state index contributed by atoms with van der Waals surface area (Å²) < 4.78 is 5.76. The first kappa shape index (κ1) is 18.3. The predicted octanol–water partition coefficient (Wildman–Crippen LogP) is 3.50. The highest BCUT2D eigenvalue weighted by atomic mass is 16.5. The third-order valence-corrected chi connectivity index (χ3v) is 3.38. The lowest BCUT2D eigenvalue weighted by Crippen LogP contribution is -2.48. The van der Waals surface area contributed by atoms with E-state index in [4.69, 9.17) is 4.74 Å². The summed E-state index contributed by atoms with van der Waals surface area (Å²) in [5, 5.41) is 9.95. The van der Waals surface area contributed by atoms with Crippen LogP contribution in [0.15, 0.2) is 12.2 Å². The number of ketones is 1. The highest BCUT2D eigenvalue weighted by Crippen LogP contribution is 2.35. The Hall–Kier alpha value is -0.670. The average Bonchev–Trinajstić information content (AvgIpc) is 2.25. The van der Waals surface area contributed by atoms with Crippen LogP contribution in [-0.4, -0.2) is 28.7 Å². The van der Waals surface area contributed by atoms with Crippen LogP contribution in [0.2, 0.25) is 0 Å². The summed E-state index contributed by atoms with van der Waals surface area (Å²) >= 11 is 0. The van der Waals surface area contributed by atoms with Crippen molar-refractivity contribution in [1.82, 2.24) is 0 Å². The Morgan fingerprint density at radius 3 is 2.11 bits per heavy atom. The quantitative estimate of drug-likeness (QED) is 0.687. The highest BCUT2D eigenvalue weighted by Gasteiger charge is 2.43. The van der Waals surface area contributed by atoms with Gasteiger partial charge in [0.25, 0.3) is 0 Å². The third kappa shape index (κ3) is 5.87. The molecule has 0 heterocycles. The maximum atomic E-state index is 12.7. The van der Waals surface area contributed by atoms with Crippen molar-refractivity contribution in [2.24, 2.45) is 5.41 Å². The first-order valence-electron chi connectivity index (χ1n) is 7.01. The molecule has 0 bridgehead atoms. The number of hydrogen-bond donors (Lipinski definition) is 1. The van der Waals surface area contributed by atoms with E-state index in [2.05, 4.69) is 0 Å². The second-order valence-electron chi connectivity index (χ2n) is 6.67. The van der Waals surface area contributed by atoms with E-state index >= 15 is 0 Å². The monoisotopic (exact) mass is 270 g/mol. The van der Waals surface area contributed by atoms with E-state index < -0.39 is 16.6 Å². The van der Waals surface area contributed by atoms with Crippen molar-refractivity contribution in [1.29, 1.82) is 0 Å². The molecule has 3 nitrogen and oxygen atoms in total. The summed E-state index contributed by atoms with van der Waals surface area (Å²) in [6.45, 7) is 13.4. The number of carbonyl (C=O) groups excluding carboxylic acids is 1. The number of aliphatic hydroxyl groups is 1. The lowest BCUT2D eigenvalue weighted by Gasteiger charge is -2.37. The molecule has 0 radical (unpaired) electrons. The van der Waals surface area contributed by atoms with Gasteiger partial charge in [-0.3, -0.25) is 4.79 Å². The Morgan fingerprint density at radius 2 is 1.74 bits per heavy atom. The second kappa shape index (κ2) is 6.67. The van der Waals surface area contributed by atoms with Crippen LogP contribution < -0.4 is 0 Å². The Morgan fingerprint density at radius 1 is 1.21 bits per heavy atom. The third-order valence-electron chi connectivity index (χ3n) is 3.38. The summed E-state index contributed by atoms with van der Waals surface area (Å²) in [4.78, 5) is 12.7. The molecule has 0 aromatic carbocycles. The van der Waals surface area contributed by atoms with Crippen molar-refractivity contribution >= 4 is 5.78 Å². The van der Waals surface area contributed by atoms with Gasteiger partial charge in [0.15, 0.2) is 5.78 Å². The van der Waals surface area contributed by atoms with Gasteiger partial charge in [0.05, 0.1) is 12.2 Å². The van der Waals surface area contributed by atoms with Crippen molar-refractivity contribution in [3.63, 3.8) is 0 Å². The van der Waals surface area contributed by atoms with Crippen LogP contribution in [0, 0.1) is 5.41 Å². The van der Waals surface area contributed by atoms with Gasteiger partial charge >= 0.3 is 0 Å². The van der Waals surface area contributed by atoms with E-state index in [9.17, 15) is 9.90 Å². The predicted molar refractivity (Wildman–Crippen MR) is 79.2 cm³/mol. The van der Waals surface area contributed by atoms with Crippen molar-refractivity contribution < 1.29 is 14.6 Å². The molecule has 0 spiro atoms. The van der Waals surface area contributed by atoms with Crippen molar-refractivity contribution in [3.8, 4) is 0 Å². The minimum absolute atomic E-state index is 0.0501. The summed E-state index contributed by atoms with van der Waals surface area (Å²) in [6.07, 6.45) is 4.84. The second-order valence-corrected chi connectivity index (χ2v) is 6.67. The molecule has 1 unspecified atom stereocenters. The molecule has 0 amide bonds. The molecule has 1 atom stereocenters. The molecule has 0 aliphatic heterocycles. The first-order valence-corrected chi connectivity index (χ1v) is 7.01.